The Hall–Kier alpha value is -4.77. The third-order valence-corrected chi connectivity index (χ3v) is 5.55. The first-order valence-electron chi connectivity index (χ1n) is 10.6. The minimum atomic E-state index is -0.887. The number of ether oxygens (including phenoxy) is 2. The van der Waals surface area contributed by atoms with Gasteiger partial charge < -0.3 is 14.8 Å². The molecule has 0 saturated carbocycles. The molecule has 0 aliphatic rings. The van der Waals surface area contributed by atoms with Gasteiger partial charge in [0.05, 0.1) is 41.9 Å². The maximum Gasteiger partial charge on any atom is 0.179 e. The molecule has 0 aliphatic carbocycles. The molecular weight excluding hydrogens is 447 g/mol. The maximum atomic E-state index is 14.8. The fourth-order valence-corrected chi connectivity index (χ4v) is 3.79. The van der Waals surface area contributed by atoms with Crippen molar-refractivity contribution < 1.29 is 18.7 Å². The Morgan fingerprint density at radius 1 is 1.17 bits per heavy atom. The first kappa shape index (κ1) is 23.4. The van der Waals surface area contributed by atoms with Crippen molar-refractivity contribution in [2.45, 2.75) is 6.10 Å². The zero-order chi connectivity index (χ0) is 24.9. The van der Waals surface area contributed by atoms with Gasteiger partial charge in [0.1, 0.15) is 5.82 Å². The molecule has 35 heavy (non-hydrogen) atoms. The van der Waals surface area contributed by atoms with Gasteiger partial charge in [-0.3, -0.25) is 15.2 Å². The van der Waals surface area contributed by atoms with E-state index in [0.717, 1.165) is 6.07 Å². The molecule has 1 heterocycles. The standard InChI is InChI=1S/C27H21FN4O3/c1-31-22-14-32-21-12-23(34-2)24(35-25(15-33)17-6-4-3-5-7-17)11-19(21)26(22)27(30)18-9-8-16(13-29)10-20(18)28/h3-12,14-15,25,30-31H,1-2H3. The number of nitrogens with zero attached hydrogens (tertiary/aromatic N) is 2. The summed E-state index contributed by atoms with van der Waals surface area (Å²) >= 11 is 0. The number of aldehydes is 1. The number of rotatable bonds is 8. The molecule has 0 spiro atoms. The lowest BCUT2D eigenvalue weighted by molar-refractivity contribution is -0.113. The second kappa shape index (κ2) is 10.0. The number of nitriles is 1. The molecule has 0 aliphatic heterocycles. The minimum absolute atomic E-state index is 0.0290. The highest BCUT2D eigenvalue weighted by molar-refractivity contribution is 6.21. The average Bonchev–Trinajstić information content (AvgIpc) is 2.90. The van der Waals surface area contributed by atoms with Crippen molar-refractivity contribution in [3.8, 4) is 17.6 Å². The van der Waals surface area contributed by atoms with E-state index < -0.39 is 11.9 Å². The Morgan fingerprint density at radius 2 is 1.94 bits per heavy atom. The average molecular weight is 468 g/mol. The van der Waals surface area contributed by atoms with E-state index in [2.05, 4.69) is 10.3 Å². The molecule has 0 saturated heterocycles. The van der Waals surface area contributed by atoms with Gasteiger partial charge in [0.2, 0.25) is 0 Å². The van der Waals surface area contributed by atoms with Crippen LogP contribution in [0.1, 0.15) is 28.4 Å². The summed E-state index contributed by atoms with van der Waals surface area (Å²) in [6, 6.07) is 18.1. The van der Waals surface area contributed by atoms with Crippen LogP contribution in [0.2, 0.25) is 0 Å². The van der Waals surface area contributed by atoms with Crippen LogP contribution in [0.25, 0.3) is 10.9 Å². The van der Waals surface area contributed by atoms with Crippen LogP contribution in [0.4, 0.5) is 10.1 Å². The van der Waals surface area contributed by atoms with Crippen LogP contribution in [-0.2, 0) is 4.79 Å². The number of carbonyl (C=O) groups excluding carboxylic acids is 1. The number of nitrogens with one attached hydrogen (secondary N) is 2. The third-order valence-electron chi connectivity index (χ3n) is 5.55. The summed E-state index contributed by atoms with van der Waals surface area (Å²) in [4.78, 5) is 16.3. The second-order valence-electron chi connectivity index (χ2n) is 7.58. The zero-order valence-electron chi connectivity index (χ0n) is 19.0. The fourth-order valence-electron chi connectivity index (χ4n) is 3.79. The van der Waals surface area contributed by atoms with Crippen LogP contribution in [0, 0.1) is 22.6 Å². The van der Waals surface area contributed by atoms with Crippen LogP contribution in [0.3, 0.4) is 0 Å². The summed E-state index contributed by atoms with van der Waals surface area (Å²) in [6.45, 7) is 0. The van der Waals surface area contributed by atoms with Crippen molar-refractivity contribution in [3.05, 3.63) is 94.9 Å². The molecule has 7 nitrogen and oxygen atoms in total. The van der Waals surface area contributed by atoms with Crippen LogP contribution in [-0.4, -0.2) is 31.1 Å². The van der Waals surface area contributed by atoms with Crippen LogP contribution in [0.5, 0.6) is 11.5 Å². The van der Waals surface area contributed by atoms with Gasteiger partial charge in [-0.15, -0.1) is 0 Å². The third kappa shape index (κ3) is 4.52. The Kier molecular flexibility index (Phi) is 6.69. The molecule has 1 atom stereocenters. The molecule has 0 bridgehead atoms. The Balaban J connectivity index is 1.88. The van der Waals surface area contributed by atoms with Crippen LogP contribution < -0.4 is 14.8 Å². The van der Waals surface area contributed by atoms with Gasteiger partial charge in [-0.05, 0) is 29.8 Å². The van der Waals surface area contributed by atoms with Crippen molar-refractivity contribution in [2.75, 3.05) is 19.5 Å². The second-order valence-corrected chi connectivity index (χ2v) is 7.58. The van der Waals surface area contributed by atoms with E-state index >= 15 is 0 Å². The maximum absolute atomic E-state index is 14.8. The van der Waals surface area contributed by atoms with Gasteiger partial charge in [0.25, 0.3) is 0 Å². The van der Waals surface area contributed by atoms with Crippen LogP contribution in [0.15, 0.2) is 66.9 Å². The van der Waals surface area contributed by atoms with Crippen LogP contribution >= 0.6 is 0 Å². The van der Waals surface area contributed by atoms with E-state index in [4.69, 9.17) is 20.1 Å². The molecule has 174 valence electrons. The summed E-state index contributed by atoms with van der Waals surface area (Å²) < 4.78 is 26.3. The number of carbonyl (C=O) groups is 1. The molecule has 4 aromatic rings. The summed E-state index contributed by atoms with van der Waals surface area (Å²) in [5, 5.41) is 21.4. The normalized spacial score (nSPS) is 11.4. The Bertz CT molecular complexity index is 1470. The van der Waals surface area contributed by atoms with Gasteiger partial charge >= 0.3 is 0 Å². The number of aromatic nitrogens is 1. The smallest absolute Gasteiger partial charge is 0.179 e. The lowest BCUT2D eigenvalue weighted by Gasteiger charge is -2.19. The molecular formula is C27H21FN4O3. The molecule has 0 fully saturated rings. The Morgan fingerprint density at radius 3 is 2.57 bits per heavy atom. The molecule has 0 amide bonds. The quantitative estimate of drug-likeness (QED) is 0.277. The molecule has 4 rings (SSSR count). The van der Waals surface area contributed by atoms with E-state index in [9.17, 15) is 9.18 Å². The van der Waals surface area contributed by atoms with Crippen molar-refractivity contribution >= 4 is 28.6 Å². The van der Waals surface area contributed by atoms with E-state index in [1.807, 2.05) is 24.3 Å². The van der Waals surface area contributed by atoms with E-state index in [-0.39, 0.29) is 22.6 Å². The van der Waals surface area contributed by atoms with Gasteiger partial charge in [0, 0.05) is 29.6 Å². The summed E-state index contributed by atoms with van der Waals surface area (Å²) in [5.74, 6) is -0.0615. The van der Waals surface area contributed by atoms with Crippen molar-refractivity contribution in [2.24, 2.45) is 0 Å². The molecule has 1 aromatic heterocycles. The largest absolute Gasteiger partial charge is 0.493 e. The summed E-state index contributed by atoms with van der Waals surface area (Å²) in [6.07, 6.45) is 1.35. The fraction of sp³-hybridized carbons (Fsp3) is 0.111. The predicted molar refractivity (Wildman–Crippen MR) is 131 cm³/mol. The lowest BCUT2D eigenvalue weighted by Crippen LogP contribution is -2.11. The number of methoxy groups -OCH3 is 1. The summed E-state index contributed by atoms with van der Waals surface area (Å²) in [7, 11) is 3.15. The van der Waals surface area contributed by atoms with Crippen molar-refractivity contribution in [1.82, 2.24) is 4.98 Å². The molecule has 8 heteroatoms. The number of halogens is 1. The highest BCUT2D eigenvalue weighted by atomic mass is 19.1. The van der Waals surface area contributed by atoms with Crippen molar-refractivity contribution in [1.29, 1.82) is 10.7 Å². The number of anilines is 1. The number of hydrogen-bond acceptors (Lipinski definition) is 7. The van der Waals surface area contributed by atoms with Gasteiger partial charge in [-0.1, -0.05) is 30.3 Å². The van der Waals surface area contributed by atoms with E-state index in [1.54, 1.807) is 37.5 Å². The van der Waals surface area contributed by atoms with Gasteiger partial charge in [-0.2, -0.15) is 5.26 Å². The Labute approximate surface area is 201 Å². The number of pyridine rings is 1. The number of fused-ring (bicyclic) bond motifs is 1. The lowest BCUT2D eigenvalue weighted by atomic mass is 9.96. The molecule has 1 unspecified atom stereocenters. The summed E-state index contributed by atoms with van der Waals surface area (Å²) in [5.41, 5.74) is 2.13. The zero-order valence-corrected chi connectivity index (χ0v) is 19.0. The van der Waals surface area contributed by atoms with Crippen molar-refractivity contribution in [3.63, 3.8) is 0 Å². The topological polar surface area (TPSA) is 108 Å². The van der Waals surface area contributed by atoms with E-state index in [0.29, 0.717) is 39.8 Å². The first-order chi connectivity index (χ1) is 17.0. The highest BCUT2D eigenvalue weighted by Gasteiger charge is 2.22. The van der Waals surface area contributed by atoms with Gasteiger partial charge in [-0.25, -0.2) is 4.39 Å². The monoisotopic (exact) mass is 468 g/mol. The van der Waals surface area contributed by atoms with Gasteiger partial charge in [0.15, 0.2) is 23.9 Å². The number of benzene rings is 3. The first-order valence-corrected chi connectivity index (χ1v) is 10.6. The molecule has 2 N–H and O–H groups in total. The highest BCUT2D eigenvalue weighted by Crippen LogP contribution is 2.38. The van der Waals surface area contributed by atoms with E-state index in [1.165, 1.54) is 19.2 Å². The predicted octanol–water partition coefficient (Wildman–Crippen LogP) is 5.03. The SMILES string of the molecule is CNc1cnc2cc(OC)c(OC(C=O)c3ccccc3)cc2c1C(=N)c1ccc(C#N)cc1F. The molecule has 3 aromatic carbocycles. The minimum Gasteiger partial charge on any atom is -0.493 e. The number of hydrogen-bond donors (Lipinski definition) is 2. The molecule has 0 radical (unpaired) electrons.